The highest BCUT2D eigenvalue weighted by Gasteiger charge is 2.57. The Bertz CT molecular complexity index is 642. The van der Waals surface area contributed by atoms with Gasteiger partial charge in [-0.1, -0.05) is 0 Å². The number of piperidine rings is 1. The largest absolute Gasteiger partial charge is 0.477 e. The third-order valence-electron chi connectivity index (χ3n) is 6.48. The van der Waals surface area contributed by atoms with E-state index in [0.29, 0.717) is 35.1 Å². The molecule has 5 aliphatic rings. The van der Waals surface area contributed by atoms with Gasteiger partial charge in [-0.15, -0.1) is 0 Å². The van der Waals surface area contributed by atoms with Gasteiger partial charge in [0.2, 0.25) is 11.8 Å². The van der Waals surface area contributed by atoms with Gasteiger partial charge in [-0.05, 0) is 44.6 Å². The Balaban J connectivity index is 1.33. The third-order valence-corrected chi connectivity index (χ3v) is 6.48. The minimum atomic E-state index is -0.434. The standard InChI is InChI=1S/C19H27N3O2/c1-18(2,20)12-3-15(23-10-19-5-11(6-19)7-19)22-16(4-12)24-17-13-8-21-9-14(13)17/h3-4,11,13-14,17,21H,5-10,20H2,1-2H3/t11?,13-,14+,17?,19?. The predicted molar refractivity (Wildman–Crippen MR) is 91.0 cm³/mol. The quantitative estimate of drug-likeness (QED) is 0.836. The molecular weight excluding hydrogens is 302 g/mol. The molecular formula is C19H27N3O2. The Labute approximate surface area is 143 Å². The molecule has 1 aromatic heterocycles. The van der Waals surface area contributed by atoms with Gasteiger partial charge in [-0.25, -0.2) is 0 Å². The van der Waals surface area contributed by atoms with E-state index >= 15 is 0 Å². The van der Waals surface area contributed by atoms with E-state index in [1.54, 1.807) is 0 Å². The molecule has 6 rings (SSSR count). The molecule has 5 fully saturated rings. The van der Waals surface area contributed by atoms with Crippen molar-refractivity contribution in [1.29, 1.82) is 0 Å². The van der Waals surface area contributed by atoms with Crippen LogP contribution in [0.25, 0.3) is 0 Å². The van der Waals surface area contributed by atoms with E-state index in [1.807, 2.05) is 26.0 Å². The van der Waals surface area contributed by atoms with Crippen LogP contribution in [-0.4, -0.2) is 30.8 Å². The van der Waals surface area contributed by atoms with Crippen LogP contribution in [0.5, 0.6) is 11.8 Å². The first kappa shape index (κ1) is 15.0. The van der Waals surface area contributed by atoms with E-state index in [-0.39, 0.29) is 0 Å². The molecule has 1 aliphatic heterocycles. The topological polar surface area (TPSA) is 69.4 Å². The molecule has 2 heterocycles. The van der Waals surface area contributed by atoms with Crippen LogP contribution in [0.1, 0.15) is 38.7 Å². The van der Waals surface area contributed by atoms with Gasteiger partial charge in [0.25, 0.3) is 0 Å². The van der Waals surface area contributed by atoms with Gasteiger partial charge in [0.1, 0.15) is 6.10 Å². The van der Waals surface area contributed by atoms with Crippen LogP contribution < -0.4 is 20.5 Å². The lowest BCUT2D eigenvalue weighted by molar-refractivity contribution is -0.132. The summed E-state index contributed by atoms with van der Waals surface area (Å²) in [5.41, 5.74) is 7.34. The molecule has 5 nitrogen and oxygen atoms in total. The number of hydrogen-bond donors (Lipinski definition) is 2. The predicted octanol–water partition coefficient (Wildman–Crippen LogP) is 2.05. The van der Waals surface area contributed by atoms with E-state index in [0.717, 1.165) is 31.2 Å². The SMILES string of the molecule is CC(C)(N)c1cc(OCC23CC(C2)C3)nc(OC2[C@H]3CNC[C@@H]23)c1. The van der Waals surface area contributed by atoms with Crippen molar-refractivity contribution in [2.45, 2.75) is 44.8 Å². The summed E-state index contributed by atoms with van der Waals surface area (Å²) in [5.74, 6) is 3.59. The van der Waals surface area contributed by atoms with Gasteiger partial charge >= 0.3 is 0 Å². The average molecular weight is 329 g/mol. The van der Waals surface area contributed by atoms with Crippen molar-refractivity contribution in [3.05, 3.63) is 17.7 Å². The van der Waals surface area contributed by atoms with Crippen LogP contribution in [0.2, 0.25) is 0 Å². The number of nitrogens with one attached hydrogen (secondary N) is 1. The van der Waals surface area contributed by atoms with E-state index in [9.17, 15) is 0 Å². The number of ether oxygens (including phenoxy) is 2. The van der Waals surface area contributed by atoms with Crippen molar-refractivity contribution in [2.75, 3.05) is 19.7 Å². The zero-order valence-electron chi connectivity index (χ0n) is 14.5. The first-order chi connectivity index (χ1) is 11.4. The fraction of sp³-hybridized carbons (Fsp3) is 0.737. The summed E-state index contributed by atoms with van der Waals surface area (Å²) in [7, 11) is 0. The molecule has 4 aliphatic carbocycles. The second kappa shape index (κ2) is 4.85. The van der Waals surface area contributed by atoms with Gasteiger partial charge in [0.15, 0.2) is 0 Å². The Hall–Kier alpha value is -1.33. The van der Waals surface area contributed by atoms with Gasteiger partial charge in [0, 0.05) is 48.0 Å². The smallest absolute Gasteiger partial charge is 0.217 e. The number of nitrogens with two attached hydrogens (primary N) is 1. The lowest BCUT2D eigenvalue weighted by Gasteiger charge is -2.61. The van der Waals surface area contributed by atoms with Gasteiger partial charge in [-0.3, -0.25) is 0 Å². The molecule has 0 radical (unpaired) electrons. The molecule has 24 heavy (non-hydrogen) atoms. The summed E-state index contributed by atoms with van der Waals surface area (Å²) in [6.45, 7) is 6.91. The molecule has 4 saturated carbocycles. The number of pyridine rings is 1. The number of nitrogens with zero attached hydrogens (tertiary/aromatic N) is 1. The fourth-order valence-corrected chi connectivity index (χ4v) is 4.72. The lowest BCUT2D eigenvalue weighted by atomic mass is 9.45. The monoisotopic (exact) mass is 329 g/mol. The van der Waals surface area contributed by atoms with Crippen LogP contribution in [0.15, 0.2) is 12.1 Å². The van der Waals surface area contributed by atoms with Gasteiger partial charge in [-0.2, -0.15) is 4.98 Å². The maximum absolute atomic E-state index is 6.31. The zero-order chi connectivity index (χ0) is 16.5. The van der Waals surface area contributed by atoms with Crippen LogP contribution >= 0.6 is 0 Å². The van der Waals surface area contributed by atoms with Gasteiger partial charge < -0.3 is 20.5 Å². The molecule has 0 spiro atoms. The molecule has 0 aromatic carbocycles. The summed E-state index contributed by atoms with van der Waals surface area (Å²) in [4.78, 5) is 4.61. The molecule has 1 aromatic rings. The third kappa shape index (κ3) is 2.40. The van der Waals surface area contributed by atoms with E-state index in [2.05, 4.69) is 10.3 Å². The number of aromatic nitrogens is 1. The molecule has 5 heteroatoms. The molecule has 3 atom stereocenters. The van der Waals surface area contributed by atoms with Gasteiger partial charge in [0.05, 0.1) is 6.61 Å². The van der Waals surface area contributed by atoms with Crippen molar-refractivity contribution >= 4 is 0 Å². The molecule has 0 amide bonds. The van der Waals surface area contributed by atoms with E-state index < -0.39 is 5.54 Å². The average Bonchev–Trinajstić information content (AvgIpc) is 2.87. The molecule has 1 saturated heterocycles. The first-order valence-corrected chi connectivity index (χ1v) is 9.24. The summed E-state index contributed by atoms with van der Waals surface area (Å²) in [6.07, 6.45) is 4.30. The maximum Gasteiger partial charge on any atom is 0.217 e. The summed E-state index contributed by atoms with van der Waals surface area (Å²) in [5, 5.41) is 3.39. The fourth-order valence-electron chi connectivity index (χ4n) is 4.72. The van der Waals surface area contributed by atoms with Crippen molar-refractivity contribution in [3.8, 4) is 11.8 Å². The molecule has 3 N–H and O–H groups in total. The highest BCUT2D eigenvalue weighted by atomic mass is 16.5. The second-order valence-electron chi connectivity index (χ2n) is 9.09. The first-order valence-electron chi connectivity index (χ1n) is 9.24. The Kier molecular flexibility index (Phi) is 3.03. The van der Waals surface area contributed by atoms with Crippen LogP contribution in [0.4, 0.5) is 0 Å². The van der Waals surface area contributed by atoms with Crippen LogP contribution in [0.3, 0.4) is 0 Å². The minimum Gasteiger partial charge on any atom is -0.477 e. The second-order valence-corrected chi connectivity index (χ2v) is 9.09. The highest BCUT2D eigenvalue weighted by Crippen LogP contribution is 2.64. The summed E-state index contributed by atoms with van der Waals surface area (Å²) < 4.78 is 12.2. The minimum absolute atomic E-state index is 0.306. The Morgan fingerprint density at radius 2 is 1.88 bits per heavy atom. The summed E-state index contributed by atoms with van der Waals surface area (Å²) in [6, 6.07) is 3.96. The lowest BCUT2D eigenvalue weighted by Crippen LogP contribution is -2.55. The highest BCUT2D eigenvalue weighted by molar-refractivity contribution is 5.33. The van der Waals surface area contributed by atoms with E-state index in [1.165, 1.54) is 19.3 Å². The molecule has 2 bridgehead atoms. The Morgan fingerprint density at radius 1 is 1.21 bits per heavy atom. The molecule has 1 unspecified atom stereocenters. The number of rotatable bonds is 6. The Morgan fingerprint density at radius 3 is 2.46 bits per heavy atom. The van der Waals surface area contributed by atoms with Crippen molar-refractivity contribution < 1.29 is 9.47 Å². The molecule has 130 valence electrons. The van der Waals surface area contributed by atoms with Crippen molar-refractivity contribution in [1.82, 2.24) is 10.3 Å². The zero-order valence-corrected chi connectivity index (χ0v) is 14.5. The van der Waals surface area contributed by atoms with Crippen LogP contribution in [-0.2, 0) is 5.54 Å². The maximum atomic E-state index is 6.31. The summed E-state index contributed by atoms with van der Waals surface area (Å²) >= 11 is 0. The van der Waals surface area contributed by atoms with E-state index in [4.69, 9.17) is 15.2 Å². The van der Waals surface area contributed by atoms with Crippen molar-refractivity contribution in [2.24, 2.45) is 28.9 Å². The van der Waals surface area contributed by atoms with Crippen molar-refractivity contribution in [3.63, 3.8) is 0 Å². The normalized spacial score (nSPS) is 38.8. The number of hydrogen-bond acceptors (Lipinski definition) is 5. The number of fused-ring (bicyclic) bond motifs is 1. The van der Waals surface area contributed by atoms with Crippen LogP contribution in [0, 0.1) is 23.2 Å².